The smallest absolute Gasteiger partial charge is 0.325 e. The molecule has 4 amide bonds. The summed E-state index contributed by atoms with van der Waals surface area (Å²) in [6.07, 6.45) is 0. The molecule has 0 radical (unpaired) electrons. The van der Waals surface area contributed by atoms with Crippen molar-refractivity contribution in [2.45, 2.75) is 38.6 Å². The van der Waals surface area contributed by atoms with Crippen molar-refractivity contribution in [1.82, 2.24) is 10.2 Å². The van der Waals surface area contributed by atoms with Gasteiger partial charge in [-0.2, -0.15) is 0 Å². The van der Waals surface area contributed by atoms with Crippen molar-refractivity contribution < 1.29 is 23.9 Å². The number of urea groups is 1. The number of hydrogen-bond acceptors (Lipinski definition) is 5. The van der Waals surface area contributed by atoms with Gasteiger partial charge >= 0.3 is 6.03 Å². The molecule has 0 aliphatic carbocycles. The minimum atomic E-state index is -1.24. The number of carbonyl (C=O) groups is 3. The van der Waals surface area contributed by atoms with Crippen LogP contribution in [-0.4, -0.2) is 43.5 Å². The molecular formula is C24H29N3O5. The molecule has 1 aliphatic heterocycles. The highest BCUT2D eigenvalue weighted by Gasteiger charge is 2.49. The lowest BCUT2D eigenvalue weighted by molar-refractivity contribution is -0.133. The van der Waals surface area contributed by atoms with E-state index < -0.39 is 29.9 Å². The van der Waals surface area contributed by atoms with E-state index in [4.69, 9.17) is 9.47 Å². The monoisotopic (exact) mass is 439 g/mol. The predicted octanol–water partition coefficient (Wildman–Crippen LogP) is 3.41. The second kappa shape index (κ2) is 8.53. The Labute approximate surface area is 187 Å². The third-order valence-electron chi connectivity index (χ3n) is 5.59. The molecule has 1 heterocycles. The molecule has 32 heavy (non-hydrogen) atoms. The average molecular weight is 440 g/mol. The molecule has 2 N–H and O–H groups in total. The first-order valence-corrected chi connectivity index (χ1v) is 10.3. The van der Waals surface area contributed by atoms with Gasteiger partial charge in [0.15, 0.2) is 0 Å². The zero-order valence-electron chi connectivity index (χ0n) is 19.2. The molecule has 1 aliphatic rings. The first kappa shape index (κ1) is 23.1. The van der Waals surface area contributed by atoms with Crippen molar-refractivity contribution in [3.63, 3.8) is 0 Å². The van der Waals surface area contributed by atoms with Gasteiger partial charge in [0, 0.05) is 6.07 Å². The summed E-state index contributed by atoms with van der Waals surface area (Å²) in [4.78, 5) is 39.2. The van der Waals surface area contributed by atoms with Crippen LogP contribution in [0.25, 0.3) is 0 Å². The normalized spacial score (nSPS) is 18.4. The predicted molar refractivity (Wildman–Crippen MR) is 121 cm³/mol. The van der Waals surface area contributed by atoms with Gasteiger partial charge in [-0.15, -0.1) is 0 Å². The molecule has 2 aromatic carbocycles. The van der Waals surface area contributed by atoms with Crippen LogP contribution in [0.1, 0.15) is 38.8 Å². The standard InChI is InChI=1S/C24H29N3O5/c1-23(2,3)15-7-9-16(10-8-15)24(4)21(29)27(22(30)26-24)14-20(28)25-18-12-11-17(31-5)13-19(18)32-6/h7-13H,14H2,1-6H3,(H,25,28)(H,26,30). The number of hydrogen-bond donors (Lipinski definition) is 2. The number of anilines is 1. The summed E-state index contributed by atoms with van der Waals surface area (Å²) < 4.78 is 10.4. The van der Waals surface area contributed by atoms with Crippen molar-refractivity contribution in [2.24, 2.45) is 0 Å². The van der Waals surface area contributed by atoms with Gasteiger partial charge in [0.05, 0.1) is 19.9 Å². The van der Waals surface area contributed by atoms with Crippen molar-refractivity contribution in [1.29, 1.82) is 0 Å². The Balaban J connectivity index is 1.75. The fourth-order valence-corrected chi connectivity index (χ4v) is 3.57. The first-order chi connectivity index (χ1) is 15.0. The quantitative estimate of drug-likeness (QED) is 0.673. The molecule has 8 nitrogen and oxygen atoms in total. The van der Waals surface area contributed by atoms with Crippen LogP contribution in [0, 0.1) is 0 Å². The molecule has 0 bridgehead atoms. The molecule has 0 aromatic heterocycles. The molecule has 1 unspecified atom stereocenters. The van der Waals surface area contributed by atoms with E-state index in [2.05, 4.69) is 31.4 Å². The maximum atomic E-state index is 13.1. The number of nitrogens with one attached hydrogen (secondary N) is 2. The third-order valence-corrected chi connectivity index (χ3v) is 5.59. The van der Waals surface area contributed by atoms with E-state index in [0.29, 0.717) is 22.7 Å². The topological polar surface area (TPSA) is 97.0 Å². The van der Waals surface area contributed by atoms with Crippen LogP contribution in [0.15, 0.2) is 42.5 Å². The molecule has 0 spiro atoms. The van der Waals surface area contributed by atoms with E-state index in [9.17, 15) is 14.4 Å². The Bertz CT molecular complexity index is 1040. The Morgan fingerprint density at radius 1 is 1.06 bits per heavy atom. The minimum Gasteiger partial charge on any atom is -0.497 e. The number of amides is 4. The highest BCUT2D eigenvalue weighted by atomic mass is 16.5. The first-order valence-electron chi connectivity index (χ1n) is 10.3. The zero-order chi connectivity index (χ0) is 23.7. The van der Waals surface area contributed by atoms with Gasteiger partial charge in [-0.3, -0.25) is 14.5 Å². The van der Waals surface area contributed by atoms with Gasteiger partial charge in [-0.25, -0.2) is 4.79 Å². The van der Waals surface area contributed by atoms with Crippen LogP contribution >= 0.6 is 0 Å². The molecule has 8 heteroatoms. The molecule has 170 valence electrons. The Morgan fingerprint density at radius 2 is 1.72 bits per heavy atom. The number of benzene rings is 2. The van der Waals surface area contributed by atoms with E-state index in [0.717, 1.165) is 10.5 Å². The van der Waals surface area contributed by atoms with Gasteiger partial charge in [0.25, 0.3) is 5.91 Å². The summed E-state index contributed by atoms with van der Waals surface area (Å²) >= 11 is 0. The molecule has 3 rings (SSSR count). The number of imide groups is 1. The lowest BCUT2D eigenvalue weighted by Gasteiger charge is -2.24. The Kier molecular flexibility index (Phi) is 6.16. The molecule has 2 aromatic rings. The number of ether oxygens (including phenoxy) is 2. The highest BCUT2D eigenvalue weighted by molar-refractivity contribution is 6.10. The SMILES string of the molecule is COc1ccc(NC(=O)CN2C(=O)NC(C)(c3ccc(C(C)(C)C)cc3)C2=O)c(OC)c1. The van der Waals surface area contributed by atoms with Gasteiger partial charge < -0.3 is 20.1 Å². The Hall–Kier alpha value is -3.55. The van der Waals surface area contributed by atoms with Gasteiger partial charge in [0.1, 0.15) is 23.6 Å². The lowest BCUT2D eigenvalue weighted by atomic mass is 9.84. The molecule has 1 saturated heterocycles. The van der Waals surface area contributed by atoms with E-state index in [1.54, 1.807) is 25.1 Å². The largest absolute Gasteiger partial charge is 0.497 e. The van der Waals surface area contributed by atoms with E-state index in [1.165, 1.54) is 14.2 Å². The second-order valence-corrected chi connectivity index (χ2v) is 8.89. The average Bonchev–Trinajstić information content (AvgIpc) is 2.97. The summed E-state index contributed by atoms with van der Waals surface area (Å²) in [7, 11) is 3.00. The minimum absolute atomic E-state index is 0.0327. The van der Waals surface area contributed by atoms with Crippen LogP contribution in [0.5, 0.6) is 11.5 Å². The fourth-order valence-electron chi connectivity index (χ4n) is 3.57. The van der Waals surface area contributed by atoms with Crippen molar-refractivity contribution in [3.05, 3.63) is 53.6 Å². The van der Waals surface area contributed by atoms with E-state index in [-0.39, 0.29) is 5.41 Å². The maximum Gasteiger partial charge on any atom is 0.325 e. The summed E-state index contributed by atoms with van der Waals surface area (Å²) in [5.74, 6) is -0.0342. The van der Waals surface area contributed by atoms with E-state index in [1.807, 2.05) is 24.3 Å². The van der Waals surface area contributed by atoms with Gasteiger partial charge in [-0.05, 0) is 35.6 Å². The zero-order valence-corrected chi connectivity index (χ0v) is 19.2. The second-order valence-electron chi connectivity index (χ2n) is 8.89. The highest BCUT2D eigenvalue weighted by Crippen LogP contribution is 2.32. The fraction of sp³-hybridized carbons (Fsp3) is 0.375. The number of carbonyl (C=O) groups excluding carboxylic acids is 3. The van der Waals surface area contributed by atoms with Crippen LogP contribution in [0.4, 0.5) is 10.5 Å². The number of rotatable bonds is 6. The third kappa shape index (κ3) is 4.39. The summed E-state index contributed by atoms with van der Waals surface area (Å²) in [6.45, 7) is 7.53. The van der Waals surface area contributed by atoms with Crippen LogP contribution in [-0.2, 0) is 20.5 Å². The Morgan fingerprint density at radius 3 is 2.28 bits per heavy atom. The van der Waals surface area contributed by atoms with Crippen molar-refractivity contribution in [2.75, 3.05) is 26.1 Å². The van der Waals surface area contributed by atoms with Crippen LogP contribution in [0.2, 0.25) is 0 Å². The number of methoxy groups -OCH3 is 2. The van der Waals surface area contributed by atoms with Crippen LogP contribution < -0.4 is 20.1 Å². The molecule has 0 saturated carbocycles. The number of nitrogens with zero attached hydrogens (tertiary/aromatic N) is 1. The molecule has 1 atom stereocenters. The maximum absolute atomic E-state index is 13.1. The van der Waals surface area contributed by atoms with Crippen molar-refractivity contribution in [3.8, 4) is 11.5 Å². The summed E-state index contributed by atoms with van der Waals surface area (Å²) in [5.41, 5.74) is 0.904. The van der Waals surface area contributed by atoms with Gasteiger partial charge in [-0.1, -0.05) is 45.0 Å². The summed E-state index contributed by atoms with van der Waals surface area (Å²) in [5, 5.41) is 5.41. The lowest BCUT2D eigenvalue weighted by Crippen LogP contribution is -2.42. The molecule has 1 fully saturated rings. The van der Waals surface area contributed by atoms with E-state index >= 15 is 0 Å². The van der Waals surface area contributed by atoms with Crippen molar-refractivity contribution >= 4 is 23.5 Å². The van der Waals surface area contributed by atoms with Gasteiger partial charge in [0.2, 0.25) is 5.91 Å². The molecular weight excluding hydrogens is 410 g/mol. The van der Waals surface area contributed by atoms with Crippen LogP contribution in [0.3, 0.4) is 0 Å². The summed E-state index contributed by atoms with van der Waals surface area (Å²) in [6, 6.07) is 11.9.